The Balaban J connectivity index is 1.95. The van der Waals surface area contributed by atoms with E-state index >= 15 is 0 Å². The molecule has 1 aromatic rings. The van der Waals surface area contributed by atoms with E-state index in [0.29, 0.717) is 26.1 Å². The Kier molecular flexibility index (Phi) is 3.48. The highest BCUT2D eigenvalue weighted by atomic mass is 16.5. The summed E-state index contributed by atoms with van der Waals surface area (Å²) < 4.78 is 11.0. The van der Waals surface area contributed by atoms with E-state index in [4.69, 9.17) is 9.47 Å². The van der Waals surface area contributed by atoms with Crippen molar-refractivity contribution in [3.63, 3.8) is 0 Å². The number of aliphatic hydroxyl groups is 1. The van der Waals surface area contributed by atoms with Crippen LogP contribution in [0.3, 0.4) is 0 Å². The van der Waals surface area contributed by atoms with E-state index in [9.17, 15) is 5.11 Å². The summed E-state index contributed by atoms with van der Waals surface area (Å²) in [6, 6.07) is 4.62. The van der Waals surface area contributed by atoms with E-state index in [1.165, 1.54) is 0 Å². The third-order valence-corrected chi connectivity index (χ3v) is 4.48. The van der Waals surface area contributed by atoms with Crippen molar-refractivity contribution in [3.8, 4) is 5.75 Å². The van der Waals surface area contributed by atoms with Gasteiger partial charge in [0.2, 0.25) is 0 Å². The van der Waals surface area contributed by atoms with Crippen LogP contribution >= 0.6 is 0 Å². The summed E-state index contributed by atoms with van der Waals surface area (Å²) in [6.45, 7) is 5.44. The zero-order valence-corrected chi connectivity index (χ0v) is 12.4. The van der Waals surface area contributed by atoms with Gasteiger partial charge in [-0.15, -0.1) is 0 Å². The fourth-order valence-corrected chi connectivity index (χ4v) is 3.69. The normalized spacial score (nSPS) is 33.0. The van der Waals surface area contributed by atoms with Gasteiger partial charge in [0.25, 0.3) is 0 Å². The molecule has 110 valence electrons. The predicted octanol–water partition coefficient (Wildman–Crippen LogP) is 1.65. The average Bonchev–Trinajstić information content (AvgIpc) is 2.37. The smallest absolute Gasteiger partial charge is 0.124 e. The number of rotatable bonds is 2. The number of fused-ring (bicyclic) bond motifs is 2. The van der Waals surface area contributed by atoms with Gasteiger partial charge in [0.15, 0.2) is 0 Å². The molecule has 2 N–H and O–H groups in total. The quantitative estimate of drug-likeness (QED) is 0.863. The molecule has 0 spiro atoms. The van der Waals surface area contributed by atoms with Crippen LogP contribution in [0.4, 0.5) is 0 Å². The summed E-state index contributed by atoms with van der Waals surface area (Å²) in [5.41, 5.74) is 2.41. The number of aryl methyl sites for hydroxylation is 2. The zero-order valence-electron chi connectivity index (χ0n) is 12.4. The standard InChI is InChI=1S/C16H23NO3/c1-10-4-12(5-11(2)15(10)19-3)16(18)6-13-8-20-9-14(7-16)17-13/h4-5,13-14,17-18H,6-9H2,1-3H3. The second-order valence-electron chi connectivity index (χ2n) is 6.18. The Morgan fingerprint density at radius 1 is 1.20 bits per heavy atom. The third kappa shape index (κ3) is 2.32. The van der Waals surface area contributed by atoms with Crippen LogP contribution < -0.4 is 10.1 Å². The molecular formula is C16H23NO3. The molecule has 1 aromatic carbocycles. The maximum absolute atomic E-state index is 11.1. The summed E-state index contributed by atoms with van der Waals surface area (Å²) in [6.07, 6.45) is 1.41. The van der Waals surface area contributed by atoms with Crippen LogP contribution in [0.25, 0.3) is 0 Å². The summed E-state index contributed by atoms with van der Waals surface area (Å²) in [7, 11) is 1.69. The van der Waals surface area contributed by atoms with Crippen LogP contribution in [-0.2, 0) is 10.3 Å². The first-order chi connectivity index (χ1) is 9.51. The Bertz CT molecular complexity index is 479. The van der Waals surface area contributed by atoms with Crippen molar-refractivity contribution in [2.45, 2.75) is 44.4 Å². The number of nitrogens with one attached hydrogen (secondary N) is 1. The van der Waals surface area contributed by atoms with Crippen molar-refractivity contribution in [2.24, 2.45) is 0 Å². The van der Waals surface area contributed by atoms with E-state index in [-0.39, 0.29) is 12.1 Å². The molecule has 2 aliphatic rings. The monoisotopic (exact) mass is 277 g/mol. The van der Waals surface area contributed by atoms with Crippen molar-refractivity contribution in [1.82, 2.24) is 5.32 Å². The second kappa shape index (κ2) is 5.02. The lowest BCUT2D eigenvalue weighted by Crippen LogP contribution is -2.58. The zero-order chi connectivity index (χ0) is 14.3. The van der Waals surface area contributed by atoms with Crippen LogP contribution in [0.2, 0.25) is 0 Å². The number of piperidine rings is 1. The molecule has 20 heavy (non-hydrogen) atoms. The lowest BCUT2D eigenvalue weighted by molar-refractivity contribution is -0.0802. The molecule has 2 fully saturated rings. The van der Waals surface area contributed by atoms with E-state index in [2.05, 4.69) is 17.4 Å². The molecule has 0 saturated carbocycles. The number of hydrogen-bond donors (Lipinski definition) is 2. The summed E-state index contributed by atoms with van der Waals surface area (Å²) >= 11 is 0. The van der Waals surface area contributed by atoms with Gasteiger partial charge in [-0.05, 0) is 55.5 Å². The van der Waals surface area contributed by atoms with Gasteiger partial charge in [-0.3, -0.25) is 0 Å². The van der Waals surface area contributed by atoms with Crippen molar-refractivity contribution in [1.29, 1.82) is 0 Å². The molecule has 4 nitrogen and oxygen atoms in total. The number of ether oxygens (including phenoxy) is 2. The Morgan fingerprint density at radius 3 is 2.25 bits per heavy atom. The van der Waals surface area contributed by atoms with Gasteiger partial charge in [0, 0.05) is 12.1 Å². The third-order valence-electron chi connectivity index (χ3n) is 4.48. The molecule has 4 heteroatoms. The van der Waals surface area contributed by atoms with E-state index < -0.39 is 5.60 Å². The number of morpholine rings is 1. The molecule has 2 heterocycles. The number of hydrogen-bond acceptors (Lipinski definition) is 4. The highest BCUT2D eigenvalue weighted by molar-refractivity contribution is 5.45. The Hall–Kier alpha value is -1.10. The minimum atomic E-state index is -0.758. The van der Waals surface area contributed by atoms with E-state index in [1.807, 2.05) is 13.8 Å². The predicted molar refractivity (Wildman–Crippen MR) is 77.1 cm³/mol. The minimum Gasteiger partial charge on any atom is -0.496 e. The first-order valence-electron chi connectivity index (χ1n) is 7.24. The second-order valence-corrected chi connectivity index (χ2v) is 6.18. The van der Waals surface area contributed by atoms with Crippen molar-refractivity contribution in [3.05, 3.63) is 28.8 Å². The van der Waals surface area contributed by atoms with Gasteiger partial charge in [-0.2, -0.15) is 0 Å². The van der Waals surface area contributed by atoms with Gasteiger partial charge in [0.05, 0.1) is 25.9 Å². The number of benzene rings is 1. The van der Waals surface area contributed by atoms with Crippen molar-refractivity contribution < 1.29 is 14.6 Å². The summed E-state index contributed by atoms with van der Waals surface area (Å²) in [4.78, 5) is 0. The maximum Gasteiger partial charge on any atom is 0.124 e. The Morgan fingerprint density at radius 2 is 1.75 bits per heavy atom. The molecule has 0 amide bonds. The van der Waals surface area contributed by atoms with Gasteiger partial charge in [0.1, 0.15) is 5.75 Å². The molecule has 0 aromatic heterocycles. The first-order valence-corrected chi connectivity index (χ1v) is 7.24. The Labute approximate surface area is 120 Å². The fourth-order valence-electron chi connectivity index (χ4n) is 3.69. The lowest BCUT2D eigenvalue weighted by Gasteiger charge is -2.45. The van der Waals surface area contributed by atoms with Crippen LogP contribution in [0.15, 0.2) is 12.1 Å². The van der Waals surface area contributed by atoms with E-state index in [1.54, 1.807) is 7.11 Å². The SMILES string of the molecule is COc1c(C)cc(C2(O)CC3COCC(C2)N3)cc1C. The molecule has 2 saturated heterocycles. The van der Waals surface area contributed by atoms with Crippen LogP contribution in [0.1, 0.15) is 29.5 Å². The highest BCUT2D eigenvalue weighted by Gasteiger charge is 2.42. The lowest BCUT2D eigenvalue weighted by atomic mass is 9.77. The van der Waals surface area contributed by atoms with Crippen molar-refractivity contribution in [2.75, 3.05) is 20.3 Å². The van der Waals surface area contributed by atoms with Gasteiger partial charge < -0.3 is 19.9 Å². The molecule has 2 unspecified atom stereocenters. The summed E-state index contributed by atoms with van der Waals surface area (Å²) in [5, 5.41) is 14.6. The van der Waals surface area contributed by atoms with Crippen LogP contribution in [0, 0.1) is 13.8 Å². The van der Waals surface area contributed by atoms with Gasteiger partial charge in [-0.25, -0.2) is 0 Å². The molecule has 2 bridgehead atoms. The minimum absolute atomic E-state index is 0.246. The molecule has 0 radical (unpaired) electrons. The largest absolute Gasteiger partial charge is 0.496 e. The molecular weight excluding hydrogens is 254 g/mol. The number of methoxy groups -OCH3 is 1. The highest BCUT2D eigenvalue weighted by Crippen LogP contribution is 2.39. The molecule has 2 atom stereocenters. The van der Waals surface area contributed by atoms with Gasteiger partial charge in [-0.1, -0.05) is 0 Å². The molecule has 0 aliphatic carbocycles. The first kappa shape index (κ1) is 13.9. The topological polar surface area (TPSA) is 50.7 Å². The molecule has 2 aliphatic heterocycles. The van der Waals surface area contributed by atoms with Crippen molar-refractivity contribution >= 4 is 0 Å². The van der Waals surface area contributed by atoms with Crippen LogP contribution in [-0.4, -0.2) is 37.5 Å². The van der Waals surface area contributed by atoms with Crippen LogP contribution in [0.5, 0.6) is 5.75 Å². The summed E-state index contributed by atoms with van der Waals surface area (Å²) in [5.74, 6) is 0.912. The molecule has 3 rings (SSSR count). The average molecular weight is 277 g/mol. The maximum atomic E-state index is 11.1. The fraction of sp³-hybridized carbons (Fsp3) is 0.625. The van der Waals surface area contributed by atoms with E-state index in [0.717, 1.165) is 22.4 Å². The van der Waals surface area contributed by atoms with Gasteiger partial charge >= 0.3 is 0 Å².